The summed E-state index contributed by atoms with van der Waals surface area (Å²) in [6.45, 7) is 0. The number of carbonyl (C=O) groups excluding carboxylic acids is 1. The smallest absolute Gasteiger partial charge is 0.228 e. The number of hydrogen-bond acceptors (Lipinski definition) is 1. The van der Waals surface area contributed by atoms with Crippen LogP contribution in [0, 0.1) is 5.82 Å². The second-order valence-corrected chi connectivity index (χ2v) is 4.87. The summed E-state index contributed by atoms with van der Waals surface area (Å²) in [5, 5.41) is 4.97. The van der Waals surface area contributed by atoms with Crippen LogP contribution >= 0.6 is 0 Å². The van der Waals surface area contributed by atoms with Crippen LogP contribution in [0.1, 0.15) is 5.56 Å². The van der Waals surface area contributed by atoms with E-state index in [-0.39, 0.29) is 11.7 Å². The van der Waals surface area contributed by atoms with Gasteiger partial charge in [-0.2, -0.15) is 0 Å². The molecule has 0 spiro atoms. The molecule has 1 N–H and O–H groups in total. The topological polar surface area (TPSA) is 29.1 Å². The van der Waals surface area contributed by atoms with Crippen molar-refractivity contribution in [2.45, 2.75) is 6.42 Å². The average molecular weight is 279 g/mol. The molecule has 0 aromatic heterocycles. The second-order valence-electron chi connectivity index (χ2n) is 4.87. The van der Waals surface area contributed by atoms with Gasteiger partial charge in [0, 0.05) is 5.69 Å². The lowest BCUT2D eigenvalue weighted by Crippen LogP contribution is -2.14. The van der Waals surface area contributed by atoms with Crippen molar-refractivity contribution in [3.05, 3.63) is 78.1 Å². The average Bonchev–Trinajstić information content (AvgIpc) is 2.50. The van der Waals surface area contributed by atoms with E-state index in [1.807, 2.05) is 42.5 Å². The number of fused-ring (bicyclic) bond motifs is 1. The largest absolute Gasteiger partial charge is 0.326 e. The van der Waals surface area contributed by atoms with Crippen LogP contribution in [-0.4, -0.2) is 5.91 Å². The fourth-order valence-corrected chi connectivity index (χ4v) is 2.36. The minimum absolute atomic E-state index is 0.113. The zero-order valence-electron chi connectivity index (χ0n) is 11.3. The predicted molar refractivity (Wildman–Crippen MR) is 82.7 cm³/mol. The predicted octanol–water partition coefficient (Wildman–Crippen LogP) is 4.16. The van der Waals surface area contributed by atoms with E-state index in [2.05, 4.69) is 5.32 Å². The number of halogens is 1. The van der Waals surface area contributed by atoms with Crippen molar-refractivity contribution in [3.63, 3.8) is 0 Å². The van der Waals surface area contributed by atoms with Gasteiger partial charge < -0.3 is 5.32 Å². The SMILES string of the molecule is O=C(Cc1cccc2ccccc12)Nc1ccc(F)cc1. The molecular weight excluding hydrogens is 265 g/mol. The van der Waals surface area contributed by atoms with Crippen LogP contribution in [0.4, 0.5) is 10.1 Å². The van der Waals surface area contributed by atoms with Gasteiger partial charge in [-0.1, -0.05) is 42.5 Å². The van der Waals surface area contributed by atoms with E-state index in [0.29, 0.717) is 12.1 Å². The number of amides is 1. The normalized spacial score (nSPS) is 10.5. The van der Waals surface area contributed by atoms with Crippen LogP contribution in [0.15, 0.2) is 66.7 Å². The summed E-state index contributed by atoms with van der Waals surface area (Å²) in [6.07, 6.45) is 0.290. The van der Waals surface area contributed by atoms with Gasteiger partial charge in [0.05, 0.1) is 6.42 Å². The van der Waals surface area contributed by atoms with Crippen LogP contribution in [0.3, 0.4) is 0 Å². The summed E-state index contributed by atoms with van der Waals surface area (Å²) >= 11 is 0. The lowest BCUT2D eigenvalue weighted by molar-refractivity contribution is -0.115. The Morgan fingerprint density at radius 3 is 2.43 bits per heavy atom. The van der Waals surface area contributed by atoms with Gasteiger partial charge in [-0.05, 0) is 40.6 Å². The molecule has 0 aliphatic rings. The molecule has 0 radical (unpaired) electrons. The first-order chi connectivity index (χ1) is 10.2. The lowest BCUT2D eigenvalue weighted by Gasteiger charge is -2.08. The Hall–Kier alpha value is -2.68. The maximum absolute atomic E-state index is 12.8. The fraction of sp³-hybridized carbons (Fsp3) is 0.0556. The molecule has 0 saturated heterocycles. The standard InChI is InChI=1S/C18H14FNO/c19-15-8-10-16(11-9-15)20-18(21)12-14-6-3-5-13-4-1-2-7-17(13)14/h1-11H,12H2,(H,20,21). The number of carbonyl (C=O) groups is 1. The van der Waals surface area contributed by atoms with Gasteiger partial charge in [-0.15, -0.1) is 0 Å². The first-order valence-electron chi connectivity index (χ1n) is 6.74. The molecule has 0 bridgehead atoms. The lowest BCUT2D eigenvalue weighted by atomic mass is 10.0. The first kappa shape index (κ1) is 13.3. The number of benzene rings is 3. The molecule has 3 aromatic carbocycles. The molecule has 0 heterocycles. The van der Waals surface area contributed by atoms with Crippen molar-refractivity contribution < 1.29 is 9.18 Å². The molecule has 3 heteroatoms. The fourth-order valence-electron chi connectivity index (χ4n) is 2.36. The highest BCUT2D eigenvalue weighted by atomic mass is 19.1. The molecule has 0 atom stereocenters. The minimum Gasteiger partial charge on any atom is -0.326 e. The Kier molecular flexibility index (Phi) is 3.65. The first-order valence-corrected chi connectivity index (χ1v) is 6.74. The molecule has 3 aromatic rings. The highest BCUT2D eigenvalue weighted by Gasteiger charge is 2.07. The van der Waals surface area contributed by atoms with Crippen molar-refractivity contribution in [1.82, 2.24) is 0 Å². The van der Waals surface area contributed by atoms with E-state index in [1.165, 1.54) is 12.1 Å². The van der Waals surface area contributed by atoms with Crippen molar-refractivity contribution in [3.8, 4) is 0 Å². The molecule has 0 aliphatic heterocycles. The molecule has 3 rings (SSSR count). The van der Waals surface area contributed by atoms with Gasteiger partial charge in [-0.25, -0.2) is 4.39 Å². The van der Waals surface area contributed by atoms with E-state index in [0.717, 1.165) is 16.3 Å². The summed E-state index contributed by atoms with van der Waals surface area (Å²) in [5.74, 6) is -0.431. The summed E-state index contributed by atoms with van der Waals surface area (Å²) < 4.78 is 12.8. The van der Waals surface area contributed by atoms with Gasteiger partial charge in [0.25, 0.3) is 0 Å². The van der Waals surface area contributed by atoms with Crippen molar-refractivity contribution in [1.29, 1.82) is 0 Å². The third-order valence-electron chi connectivity index (χ3n) is 3.36. The maximum Gasteiger partial charge on any atom is 0.228 e. The molecule has 2 nitrogen and oxygen atoms in total. The molecule has 0 aliphatic carbocycles. The van der Waals surface area contributed by atoms with Crippen LogP contribution in [-0.2, 0) is 11.2 Å². The molecule has 104 valence electrons. The van der Waals surface area contributed by atoms with E-state index >= 15 is 0 Å². The summed E-state index contributed by atoms with van der Waals surface area (Å²) in [5.41, 5.74) is 1.58. The van der Waals surface area contributed by atoms with Crippen LogP contribution in [0.2, 0.25) is 0 Å². The molecular formula is C18H14FNO. The molecule has 0 unspecified atom stereocenters. The Morgan fingerprint density at radius 2 is 1.62 bits per heavy atom. The van der Waals surface area contributed by atoms with Gasteiger partial charge in [-0.3, -0.25) is 4.79 Å². The maximum atomic E-state index is 12.8. The van der Waals surface area contributed by atoms with Gasteiger partial charge >= 0.3 is 0 Å². The van der Waals surface area contributed by atoms with E-state index < -0.39 is 0 Å². The molecule has 21 heavy (non-hydrogen) atoms. The van der Waals surface area contributed by atoms with E-state index in [1.54, 1.807) is 12.1 Å². The quantitative estimate of drug-likeness (QED) is 0.766. The second kappa shape index (κ2) is 5.75. The Bertz CT molecular complexity index is 775. The number of nitrogens with one attached hydrogen (secondary N) is 1. The summed E-state index contributed by atoms with van der Waals surface area (Å²) in [6, 6.07) is 19.7. The summed E-state index contributed by atoms with van der Waals surface area (Å²) in [7, 11) is 0. The van der Waals surface area contributed by atoms with Crippen molar-refractivity contribution in [2.24, 2.45) is 0 Å². The molecule has 1 amide bonds. The zero-order valence-corrected chi connectivity index (χ0v) is 11.3. The Balaban J connectivity index is 1.79. The molecule has 0 fully saturated rings. The third-order valence-corrected chi connectivity index (χ3v) is 3.36. The van der Waals surface area contributed by atoms with Gasteiger partial charge in [0.1, 0.15) is 5.82 Å². The van der Waals surface area contributed by atoms with Crippen molar-refractivity contribution in [2.75, 3.05) is 5.32 Å². The van der Waals surface area contributed by atoms with Crippen molar-refractivity contribution >= 4 is 22.4 Å². The van der Waals surface area contributed by atoms with E-state index in [4.69, 9.17) is 0 Å². The van der Waals surface area contributed by atoms with Crippen LogP contribution in [0.25, 0.3) is 10.8 Å². The van der Waals surface area contributed by atoms with Crippen LogP contribution < -0.4 is 5.32 Å². The Morgan fingerprint density at radius 1 is 0.905 bits per heavy atom. The Labute approximate surface area is 122 Å². The van der Waals surface area contributed by atoms with Gasteiger partial charge in [0.2, 0.25) is 5.91 Å². The number of hydrogen-bond donors (Lipinski definition) is 1. The van der Waals surface area contributed by atoms with Crippen LogP contribution in [0.5, 0.6) is 0 Å². The number of anilines is 1. The van der Waals surface area contributed by atoms with E-state index in [9.17, 15) is 9.18 Å². The monoisotopic (exact) mass is 279 g/mol. The minimum atomic E-state index is -0.318. The highest BCUT2D eigenvalue weighted by molar-refractivity contribution is 5.96. The molecule has 0 saturated carbocycles. The number of rotatable bonds is 3. The zero-order chi connectivity index (χ0) is 14.7. The highest BCUT2D eigenvalue weighted by Crippen LogP contribution is 2.19. The van der Waals surface area contributed by atoms with Gasteiger partial charge in [0.15, 0.2) is 0 Å². The summed E-state index contributed by atoms with van der Waals surface area (Å²) in [4.78, 5) is 12.1. The third kappa shape index (κ3) is 3.08.